The van der Waals surface area contributed by atoms with Crippen molar-refractivity contribution in [2.24, 2.45) is 5.73 Å². The summed E-state index contributed by atoms with van der Waals surface area (Å²) in [5.41, 5.74) is 4.98. The lowest BCUT2D eigenvalue weighted by molar-refractivity contribution is 0.0180. The Hall–Kier alpha value is 0.110. The summed E-state index contributed by atoms with van der Waals surface area (Å²) in [6.45, 7) is 0. The molecule has 1 rings (SSSR count). The Morgan fingerprint density at radius 3 is 2.30 bits per heavy atom. The minimum atomic E-state index is -2.03. The van der Waals surface area contributed by atoms with E-state index >= 15 is 0 Å². The largest absolute Gasteiger partial charge is 0.297 e. The molecule has 0 radical (unpaired) electrons. The molecule has 1 fully saturated rings. The summed E-state index contributed by atoms with van der Waals surface area (Å²) in [6.07, 6.45) is 0.504. The van der Waals surface area contributed by atoms with Crippen LogP contribution in [0.25, 0.3) is 0 Å². The average molecular weight is 172 g/mol. The molecule has 0 aromatic carbocycles. The zero-order valence-corrected chi connectivity index (χ0v) is 6.46. The Labute approximate surface area is 65.4 Å². The summed E-state index contributed by atoms with van der Waals surface area (Å²) in [5.74, 6) is -2.03. The van der Waals surface area contributed by atoms with Gasteiger partial charge in [-0.25, -0.2) is 8.78 Å². The summed E-state index contributed by atoms with van der Waals surface area (Å²) in [5, 5.41) is 0. The highest BCUT2D eigenvalue weighted by atomic mass is 35.5. The van der Waals surface area contributed by atoms with E-state index in [0.717, 1.165) is 6.42 Å². The molecular formula is C6H12ClF2N. The zero-order chi connectivity index (χ0) is 6.91. The van der Waals surface area contributed by atoms with Crippen LogP contribution < -0.4 is 5.73 Å². The van der Waals surface area contributed by atoms with Crippen molar-refractivity contribution in [2.45, 2.75) is 37.6 Å². The van der Waals surface area contributed by atoms with Gasteiger partial charge in [0.25, 0.3) is 0 Å². The lowest BCUT2D eigenvalue weighted by atomic mass is 9.92. The van der Waals surface area contributed by atoms with Crippen molar-refractivity contribution in [3.05, 3.63) is 0 Å². The zero-order valence-electron chi connectivity index (χ0n) is 5.65. The maximum absolute atomic E-state index is 12.7. The molecule has 0 amide bonds. The van der Waals surface area contributed by atoms with E-state index in [0.29, 0.717) is 6.42 Å². The summed E-state index contributed by atoms with van der Waals surface area (Å²) in [6, 6.07) is 0. The van der Waals surface area contributed by atoms with Crippen molar-refractivity contribution in [1.82, 2.24) is 0 Å². The van der Waals surface area contributed by atoms with Gasteiger partial charge in [-0.2, -0.15) is 0 Å². The van der Waals surface area contributed by atoms with Crippen LogP contribution in [0.4, 0.5) is 8.78 Å². The van der Waals surface area contributed by atoms with Crippen LogP contribution in [0.3, 0.4) is 0 Å². The second-order valence-electron chi connectivity index (χ2n) is 2.64. The molecule has 0 bridgehead atoms. The molecule has 4 heteroatoms. The number of nitrogens with two attached hydrogens (primary N) is 1. The Balaban J connectivity index is 0.000000810. The van der Waals surface area contributed by atoms with Crippen LogP contribution in [-0.4, -0.2) is 12.0 Å². The first-order chi connectivity index (χ1) is 4.13. The van der Waals surface area contributed by atoms with Gasteiger partial charge in [0.1, 0.15) is 6.17 Å². The van der Waals surface area contributed by atoms with E-state index in [4.69, 9.17) is 5.73 Å². The molecule has 62 valence electrons. The predicted molar refractivity (Wildman–Crippen MR) is 38.6 cm³/mol. The smallest absolute Gasteiger partial charge is 0.190 e. The van der Waals surface area contributed by atoms with Crippen LogP contribution in [0.5, 0.6) is 0 Å². The molecule has 0 aliphatic heterocycles. The molecule has 2 unspecified atom stereocenters. The normalized spacial score (nSPS) is 40.5. The molecule has 2 atom stereocenters. The molecule has 10 heavy (non-hydrogen) atoms. The SMILES string of the molecule is Cl.NC1(F)CCCCC1F. The van der Waals surface area contributed by atoms with E-state index in [9.17, 15) is 8.78 Å². The van der Waals surface area contributed by atoms with Crippen molar-refractivity contribution >= 4 is 12.4 Å². The van der Waals surface area contributed by atoms with E-state index in [1.165, 1.54) is 0 Å². The van der Waals surface area contributed by atoms with Crippen molar-refractivity contribution in [3.63, 3.8) is 0 Å². The van der Waals surface area contributed by atoms with Gasteiger partial charge in [0.05, 0.1) is 0 Å². The predicted octanol–water partition coefficient (Wildman–Crippen LogP) is 1.94. The Morgan fingerprint density at radius 1 is 1.40 bits per heavy atom. The third-order valence-corrected chi connectivity index (χ3v) is 1.79. The van der Waals surface area contributed by atoms with Gasteiger partial charge < -0.3 is 0 Å². The van der Waals surface area contributed by atoms with Crippen LogP contribution >= 0.6 is 12.4 Å². The topological polar surface area (TPSA) is 26.0 Å². The van der Waals surface area contributed by atoms with Crippen LogP contribution in [0, 0.1) is 0 Å². The fraction of sp³-hybridized carbons (Fsp3) is 1.00. The minimum Gasteiger partial charge on any atom is -0.297 e. The van der Waals surface area contributed by atoms with Crippen molar-refractivity contribution in [3.8, 4) is 0 Å². The monoisotopic (exact) mass is 171 g/mol. The number of hydrogen-bond donors (Lipinski definition) is 1. The Bertz CT molecular complexity index is 108. The molecule has 0 spiro atoms. The van der Waals surface area contributed by atoms with Gasteiger partial charge in [0.15, 0.2) is 5.79 Å². The first-order valence-electron chi connectivity index (χ1n) is 3.25. The highest BCUT2D eigenvalue weighted by molar-refractivity contribution is 5.85. The third kappa shape index (κ3) is 2.06. The van der Waals surface area contributed by atoms with Gasteiger partial charge in [-0.15, -0.1) is 12.4 Å². The molecule has 0 aromatic rings. The second kappa shape index (κ2) is 3.49. The van der Waals surface area contributed by atoms with Crippen molar-refractivity contribution < 1.29 is 8.78 Å². The number of hydrogen-bond acceptors (Lipinski definition) is 1. The molecule has 1 aliphatic carbocycles. The highest BCUT2D eigenvalue weighted by Gasteiger charge is 2.37. The number of alkyl halides is 2. The molecule has 0 saturated heterocycles. The molecule has 0 heterocycles. The number of halogens is 3. The van der Waals surface area contributed by atoms with Gasteiger partial charge in [0, 0.05) is 0 Å². The molecular weight excluding hydrogens is 160 g/mol. The van der Waals surface area contributed by atoms with E-state index < -0.39 is 12.0 Å². The fourth-order valence-electron chi connectivity index (χ4n) is 1.12. The van der Waals surface area contributed by atoms with Crippen LogP contribution in [0.2, 0.25) is 0 Å². The maximum Gasteiger partial charge on any atom is 0.190 e. The highest BCUT2D eigenvalue weighted by Crippen LogP contribution is 2.29. The van der Waals surface area contributed by atoms with Crippen LogP contribution in [0.15, 0.2) is 0 Å². The van der Waals surface area contributed by atoms with Crippen LogP contribution in [0.1, 0.15) is 25.7 Å². The lowest BCUT2D eigenvalue weighted by Crippen LogP contribution is -2.46. The summed E-state index contributed by atoms with van der Waals surface area (Å²) in [7, 11) is 0. The molecule has 1 nitrogen and oxygen atoms in total. The second-order valence-corrected chi connectivity index (χ2v) is 2.64. The minimum absolute atomic E-state index is 0. The third-order valence-electron chi connectivity index (χ3n) is 1.79. The standard InChI is InChI=1S/C6H11F2N.ClH/c7-5-3-1-2-4-6(5,8)9;/h5H,1-4,9H2;1H. The van der Waals surface area contributed by atoms with Gasteiger partial charge in [-0.1, -0.05) is 6.42 Å². The first kappa shape index (κ1) is 10.1. The lowest BCUT2D eigenvalue weighted by Gasteiger charge is -2.28. The molecule has 0 aromatic heterocycles. The van der Waals surface area contributed by atoms with E-state index in [1.807, 2.05) is 0 Å². The first-order valence-corrected chi connectivity index (χ1v) is 3.25. The quantitative estimate of drug-likeness (QED) is 0.554. The van der Waals surface area contributed by atoms with Crippen LogP contribution in [-0.2, 0) is 0 Å². The Kier molecular flexibility index (Phi) is 3.52. The van der Waals surface area contributed by atoms with Crippen molar-refractivity contribution in [2.75, 3.05) is 0 Å². The van der Waals surface area contributed by atoms with E-state index in [1.54, 1.807) is 0 Å². The van der Waals surface area contributed by atoms with Gasteiger partial charge in [0.2, 0.25) is 0 Å². The molecule has 1 aliphatic rings. The Morgan fingerprint density at radius 2 is 2.00 bits per heavy atom. The number of rotatable bonds is 0. The average Bonchev–Trinajstić information content (AvgIpc) is 1.77. The van der Waals surface area contributed by atoms with E-state index in [-0.39, 0.29) is 25.2 Å². The van der Waals surface area contributed by atoms with E-state index in [2.05, 4.69) is 0 Å². The van der Waals surface area contributed by atoms with Gasteiger partial charge in [-0.3, -0.25) is 5.73 Å². The maximum atomic E-state index is 12.7. The molecule has 2 N–H and O–H groups in total. The van der Waals surface area contributed by atoms with Gasteiger partial charge >= 0.3 is 0 Å². The van der Waals surface area contributed by atoms with Gasteiger partial charge in [-0.05, 0) is 19.3 Å². The molecule has 1 saturated carbocycles. The fourth-order valence-corrected chi connectivity index (χ4v) is 1.12. The van der Waals surface area contributed by atoms with Crippen molar-refractivity contribution in [1.29, 1.82) is 0 Å². The summed E-state index contributed by atoms with van der Waals surface area (Å²) < 4.78 is 25.1. The summed E-state index contributed by atoms with van der Waals surface area (Å²) in [4.78, 5) is 0. The summed E-state index contributed by atoms with van der Waals surface area (Å²) >= 11 is 0.